The van der Waals surface area contributed by atoms with Crippen LogP contribution in [0.25, 0.3) is 17.4 Å². The summed E-state index contributed by atoms with van der Waals surface area (Å²) in [6.07, 6.45) is 1.67. The highest BCUT2D eigenvalue weighted by molar-refractivity contribution is 8.18. The van der Waals surface area contributed by atoms with E-state index in [-0.39, 0.29) is 11.5 Å². The van der Waals surface area contributed by atoms with Gasteiger partial charge in [-0.1, -0.05) is 35.9 Å². The lowest BCUT2D eigenvalue weighted by atomic mass is 10.1. The van der Waals surface area contributed by atoms with Crippen LogP contribution in [0.5, 0.6) is 0 Å². The second kappa shape index (κ2) is 8.65. The normalized spacial score (nSPS) is 16.5. The number of furan rings is 1. The molecular formula is C24H20N2O4S. The second-order valence-corrected chi connectivity index (χ2v) is 7.95. The molecule has 0 aliphatic carbocycles. The van der Waals surface area contributed by atoms with Gasteiger partial charge in [0.1, 0.15) is 11.5 Å². The van der Waals surface area contributed by atoms with Crippen LogP contribution in [0.4, 0.5) is 5.69 Å². The lowest BCUT2D eigenvalue weighted by Crippen LogP contribution is -2.28. The van der Waals surface area contributed by atoms with Crippen molar-refractivity contribution >= 4 is 40.6 Å². The van der Waals surface area contributed by atoms with Gasteiger partial charge in [0.25, 0.3) is 5.91 Å². The van der Waals surface area contributed by atoms with Crippen LogP contribution in [-0.2, 0) is 4.79 Å². The molecule has 6 nitrogen and oxygen atoms in total. The Bertz CT molecular complexity index is 1210. The van der Waals surface area contributed by atoms with Crippen LogP contribution < -0.4 is 0 Å². The van der Waals surface area contributed by atoms with E-state index in [0.717, 1.165) is 11.3 Å². The van der Waals surface area contributed by atoms with Crippen LogP contribution in [-0.4, -0.2) is 33.6 Å². The second-order valence-electron chi connectivity index (χ2n) is 6.94. The highest BCUT2D eigenvalue weighted by Gasteiger charge is 2.32. The highest BCUT2D eigenvalue weighted by atomic mass is 32.2. The summed E-state index contributed by atoms with van der Waals surface area (Å²) in [6.45, 7) is 4.42. The van der Waals surface area contributed by atoms with Gasteiger partial charge in [-0.25, -0.2) is 9.79 Å². The number of amidine groups is 1. The predicted octanol–water partition coefficient (Wildman–Crippen LogP) is 5.58. The van der Waals surface area contributed by atoms with E-state index >= 15 is 0 Å². The summed E-state index contributed by atoms with van der Waals surface area (Å²) in [5, 5.41) is 10.0. The number of aromatic carboxylic acids is 1. The van der Waals surface area contributed by atoms with E-state index in [9.17, 15) is 14.7 Å². The van der Waals surface area contributed by atoms with Crippen molar-refractivity contribution in [2.24, 2.45) is 4.99 Å². The van der Waals surface area contributed by atoms with Gasteiger partial charge in [0.2, 0.25) is 0 Å². The topological polar surface area (TPSA) is 83.1 Å². The molecule has 1 amide bonds. The van der Waals surface area contributed by atoms with Crippen LogP contribution >= 0.6 is 11.8 Å². The van der Waals surface area contributed by atoms with Gasteiger partial charge in [0.15, 0.2) is 5.17 Å². The molecule has 1 fully saturated rings. The Labute approximate surface area is 183 Å². The summed E-state index contributed by atoms with van der Waals surface area (Å²) in [5.41, 5.74) is 2.57. The third-order valence-corrected chi connectivity index (χ3v) is 5.79. The van der Waals surface area contributed by atoms with Gasteiger partial charge in [-0.3, -0.25) is 9.69 Å². The number of rotatable bonds is 5. The highest BCUT2D eigenvalue weighted by Crippen LogP contribution is 2.35. The fourth-order valence-electron chi connectivity index (χ4n) is 3.19. The Hall–Kier alpha value is -3.58. The van der Waals surface area contributed by atoms with Gasteiger partial charge in [-0.05, 0) is 55.9 Å². The number of hydrogen-bond acceptors (Lipinski definition) is 5. The first-order valence-electron chi connectivity index (χ1n) is 9.75. The molecule has 1 aliphatic heterocycles. The number of carboxylic acid groups (broad SMARTS) is 1. The number of amides is 1. The zero-order valence-corrected chi connectivity index (χ0v) is 17.8. The van der Waals surface area contributed by atoms with E-state index in [0.29, 0.717) is 33.7 Å². The van der Waals surface area contributed by atoms with E-state index in [4.69, 9.17) is 4.42 Å². The van der Waals surface area contributed by atoms with Gasteiger partial charge < -0.3 is 9.52 Å². The number of carbonyl (C=O) groups is 2. The molecule has 1 N–H and O–H groups in total. The number of carboxylic acids is 1. The van der Waals surface area contributed by atoms with Gasteiger partial charge >= 0.3 is 5.97 Å². The molecule has 4 rings (SSSR count). The molecule has 0 atom stereocenters. The molecule has 2 aromatic carbocycles. The van der Waals surface area contributed by atoms with Gasteiger partial charge in [0.05, 0.1) is 16.2 Å². The summed E-state index contributed by atoms with van der Waals surface area (Å²) in [5.74, 6) is -0.258. The van der Waals surface area contributed by atoms with Gasteiger partial charge in [-0.2, -0.15) is 0 Å². The van der Waals surface area contributed by atoms with Crippen molar-refractivity contribution in [2.75, 3.05) is 6.54 Å². The minimum atomic E-state index is -1.02. The molecule has 1 aliphatic rings. The number of carbonyl (C=O) groups excluding carboxylic acids is 1. The summed E-state index contributed by atoms with van der Waals surface area (Å²) in [4.78, 5) is 31.1. The maximum absolute atomic E-state index is 12.9. The Morgan fingerprint density at radius 3 is 2.58 bits per heavy atom. The van der Waals surface area contributed by atoms with Crippen molar-refractivity contribution in [1.29, 1.82) is 0 Å². The number of likely N-dealkylation sites (N-methyl/N-ethyl adjacent to an activating group) is 1. The lowest BCUT2D eigenvalue weighted by molar-refractivity contribution is -0.122. The quantitative estimate of drug-likeness (QED) is 0.533. The summed E-state index contributed by atoms with van der Waals surface area (Å²) < 4.78 is 5.84. The van der Waals surface area contributed by atoms with Crippen molar-refractivity contribution in [3.63, 3.8) is 0 Å². The van der Waals surface area contributed by atoms with E-state index in [1.807, 2.05) is 38.1 Å². The molecule has 0 saturated carbocycles. The first-order chi connectivity index (χ1) is 15.0. The van der Waals surface area contributed by atoms with Crippen molar-refractivity contribution < 1.29 is 19.1 Å². The van der Waals surface area contributed by atoms with Crippen LogP contribution in [0.1, 0.15) is 28.6 Å². The van der Waals surface area contributed by atoms with Crippen LogP contribution in [0.15, 0.2) is 75.0 Å². The van der Waals surface area contributed by atoms with Crippen LogP contribution in [0.3, 0.4) is 0 Å². The fraction of sp³-hybridized carbons (Fsp3) is 0.125. The summed E-state index contributed by atoms with van der Waals surface area (Å²) in [6, 6.07) is 17.9. The fourth-order valence-corrected chi connectivity index (χ4v) is 4.23. The minimum absolute atomic E-state index is 0.137. The molecule has 1 saturated heterocycles. The minimum Gasteiger partial charge on any atom is -0.478 e. The van der Waals surface area contributed by atoms with E-state index < -0.39 is 5.97 Å². The maximum atomic E-state index is 12.9. The third-order valence-electron chi connectivity index (χ3n) is 4.79. The lowest BCUT2D eigenvalue weighted by Gasteiger charge is -2.11. The van der Waals surface area contributed by atoms with E-state index in [1.165, 1.54) is 17.8 Å². The molecule has 2 heterocycles. The SMILES string of the molecule is CCN1C(=O)/C(=C\c2ccc(-c3ccccc3C(=O)O)o2)SC1=Nc1ccc(C)cc1. The molecule has 31 heavy (non-hydrogen) atoms. The summed E-state index contributed by atoms with van der Waals surface area (Å²) in [7, 11) is 0. The number of hydrogen-bond donors (Lipinski definition) is 1. The van der Waals surface area contributed by atoms with Gasteiger partial charge in [0, 0.05) is 18.2 Å². The molecule has 0 spiro atoms. The average Bonchev–Trinajstić information content (AvgIpc) is 3.34. The molecule has 156 valence electrons. The number of aryl methyl sites for hydroxylation is 1. The molecular weight excluding hydrogens is 412 g/mol. The van der Waals surface area contributed by atoms with Crippen molar-refractivity contribution in [3.8, 4) is 11.3 Å². The molecule has 0 bridgehead atoms. The van der Waals surface area contributed by atoms with Crippen LogP contribution in [0, 0.1) is 6.92 Å². The van der Waals surface area contributed by atoms with E-state index in [1.54, 1.807) is 41.3 Å². The molecule has 1 aromatic heterocycles. The number of nitrogens with zero attached hydrogens (tertiary/aromatic N) is 2. The van der Waals surface area contributed by atoms with Gasteiger partial charge in [-0.15, -0.1) is 0 Å². The Morgan fingerprint density at radius 2 is 1.87 bits per heavy atom. The predicted molar refractivity (Wildman–Crippen MR) is 122 cm³/mol. The molecule has 7 heteroatoms. The number of aliphatic imine (C=N–C) groups is 1. The zero-order chi connectivity index (χ0) is 22.0. The molecule has 0 unspecified atom stereocenters. The Kier molecular flexibility index (Phi) is 5.77. The molecule has 0 radical (unpaired) electrons. The van der Waals surface area contributed by atoms with Crippen LogP contribution in [0.2, 0.25) is 0 Å². The summed E-state index contributed by atoms with van der Waals surface area (Å²) >= 11 is 1.29. The monoisotopic (exact) mass is 432 g/mol. The Balaban J connectivity index is 1.63. The smallest absolute Gasteiger partial charge is 0.336 e. The third kappa shape index (κ3) is 4.32. The molecule has 3 aromatic rings. The van der Waals surface area contributed by atoms with Crippen molar-refractivity contribution in [3.05, 3.63) is 82.5 Å². The maximum Gasteiger partial charge on any atom is 0.336 e. The standard InChI is InChI=1S/C24H20N2O4S/c1-3-26-22(27)21(31-24(26)25-16-10-8-15(2)9-11-16)14-17-12-13-20(30-17)18-6-4-5-7-19(18)23(28)29/h4-14H,3H2,1-2H3,(H,28,29)/b21-14+,25-24?. The first-order valence-corrected chi connectivity index (χ1v) is 10.6. The average molecular weight is 433 g/mol. The largest absolute Gasteiger partial charge is 0.478 e. The number of benzene rings is 2. The van der Waals surface area contributed by atoms with Crippen molar-refractivity contribution in [2.45, 2.75) is 13.8 Å². The first kappa shape index (κ1) is 20.7. The number of thioether (sulfide) groups is 1. The Morgan fingerprint density at radius 1 is 1.13 bits per heavy atom. The van der Waals surface area contributed by atoms with E-state index in [2.05, 4.69) is 4.99 Å². The van der Waals surface area contributed by atoms with Crippen molar-refractivity contribution in [1.82, 2.24) is 4.90 Å². The zero-order valence-electron chi connectivity index (χ0n) is 17.0.